The van der Waals surface area contributed by atoms with E-state index in [2.05, 4.69) is 0 Å². The molecule has 18 heavy (non-hydrogen) atoms. The molecule has 3 unspecified atom stereocenters. The number of rotatable bonds is 3. The Kier molecular flexibility index (Phi) is 3.55. The van der Waals surface area contributed by atoms with Gasteiger partial charge in [0.2, 0.25) is 0 Å². The van der Waals surface area contributed by atoms with Crippen LogP contribution in [-0.4, -0.2) is 17.9 Å². The van der Waals surface area contributed by atoms with E-state index in [-0.39, 0.29) is 12.5 Å². The van der Waals surface area contributed by atoms with E-state index in [1.165, 1.54) is 6.92 Å². The number of benzene rings is 1. The highest BCUT2D eigenvalue weighted by Crippen LogP contribution is 2.43. The molecule has 4 heteroatoms. The van der Waals surface area contributed by atoms with Crippen molar-refractivity contribution in [3.05, 3.63) is 35.9 Å². The molecule has 0 radical (unpaired) electrons. The summed E-state index contributed by atoms with van der Waals surface area (Å²) in [6.07, 6.45) is -0.941. The average Bonchev–Trinajstić information content (AvgIpc) is 2.37. The maximum absolute atomic E-state index is 13.9. The molecule has 98 valence electrons. The van der Waals surface area contributed by atoms with E-state index >= 15 is 0 Å². The van der Waals surface area contributed by atoms with E-state index in [1.807, 2.05) is 30.3 Å². The lowest BCUT2D eigenvalue weighted by molar-refractivity contribution is -0.138. The smallest absolute Gasteiger partial charge is 0.429 e. The molecule has 3 nitrogen and oxygen atoms in total. The van der Waals surface area contributed by atoms with Gasteiger partial charge in [-0.3, -0.25) is 0 Å². The van der Waals surface area contributed by atoms with E-state index in [1.54, 1.807) is 6.92 Å². The second-order valence-corrected chi connectivity index (χ2v) is 4.92. The van der Waals surface area contributed by atoms with Crippen molar-refractivity contribution in [1.29, 1.82) is 0 Å². The Balaban J connectivity index is 1.77. The van der Waals surface area contributed by atoms with Crippen LogP contribution in [0.1, 0.15) is 25.8 Å². The summed E-state index contributed by atoms with van der Waals surface area (Å²) in [6.45, 7) is 3.40. The Hall–Kier alpha value is -1.58. The third-order valence-electron chi connectivity index (χ3n) is 3.60. The Bertz CT molecular complexity index is 416. The first-order valence-corrected chi connectivity index (χ1v) is 6.06. The minimum atomic E-state index is -1.44. The zero-order chi connectivity index (χ0) is 13.2. The Morgan fingerprint density at radius 3 is 2.67 bits per heavy atom. The topological polar surface area (TPSA) is 35.5 Å². The van der Waals surface area contributed by atoms with Gasteiger partial charge in [0, 0.05) is 0 Å². The molecule has 0 spiro atoms. The van der Waals surface area contributed by atoms with Gasteiger partial charge in [0.25, 0.3) is 0 Å². The third kappa shape index (κ3) is 2.63. The third-order valence-corrected chi connectivity index (χ3v) is 3.60. The van der Waals surface area contributed by atoms with Gasteiger partial charge in [-0.2, -0.15) is 0 Å². The van der Waals surface area contributed by atoms with E-state index in [9.17, 15) is 9.18 Å². The number of hydrogen-bond acceptors (Lipinski definition) is 3. The van der Waals surface area contributed by atoms with Gasteiger partial charge in [-0.15, -0.1) is 0 Å². The summed E-state index contributed by atoms with van der Waals surface area (Å²) in [6, 6.07) is 9.29. The predicted octanol–water partition coefficient (Wildman–Crippen LogP) is 3.48. The Morgan fingerprint density at radius 1 is 1.44 bits per heavy atom. The molecule has 0 saturated heterocycles. The SMILES string of the molecule is CC1CC(OC(=O)OCc2ccccc2)C1(C)F. The van der Waals surface area contributed by atoms with Crippen molar-refractivity contribution in [1.82, 2.24) is 0 Å². The lowest BCUT2D eigenvalue weighted by Gasteiger charge is -2.44. The quantitative estimate of drug-likeness (QED) is 0.773. The molecule has 1 fully saturated rings. The fraction of sp³-hybridized carbons (Fsp3) is 0.500. The first-order chi connectivity index (χ1) is 8.50. The van der Waals surface area contributed by atoms with E-state index in [4.69, 9.17) is 9.47 Å². The van der Waals surface area contributed by atoms with Crippen LogP contribution in [-0.2, 0) is 16.1 Å². The molecule has 3 atom stereocenters. The molecule has 1 aromatic carbocycles. The minimum Gasteiger partial charge on any atom is -0.429 e. The van der Waals surface area contributed by atoms with Gasteiger partial charge >= 0.3 is 6.16 Å². The van der Waals surface area contributed by atoms with Crippen LogP contribution >= 0.6 is 0 Å². The summed E-state index contributed by atoms with van der Waals surface area (Å²) in [5.74, 6) is -0.0792. The monoisotopic (exact) mass is 252 g/mol. The molecular weight excluding hydrogens is 235 g/mol. The van der Waals surface area contributed by atoms with Gasteiger partial charge in [-0.1, -0.05) is 37.3 Å². The molecule has 1 aliphatic rings. The summed E-state index contributed by atoms with van der Waals surface area (Å²) < 4.78 is 23.7. The molecule has 0 bridgehead atoms. The van der Waals surface area contributed by atoms with Crippen LogP contribution in [0.25, 0.3) is 0 Å². The van der Waals surface area contributed by atoms with Gasteiger partial charge in [-0.25, -0.2) is 9.18 Å². The number of carbonyl (C=O) groups excluding carboxylic acids is 1. The lowest BCUT2D eigenvalue weighted by atomic mass is 9.70. The molecule has 1 aromatic rings. The van der Waals surface area contributed by atoms with Crippen molar-refractivity contribution >= 4 is 6.16 Å². The number of alkyl halides is 1. The maximum Gasteiger partial charge on any atom is 0.508 e. The first kappa shape index (κ1) is 12.9. The number of hydrogen-bond donors (Lipinski definition) is 0. The molecule has 0 amide bonds. The van der Waals surface area contributed by atoms with Crippen LogP contribution in [0.5, 0.6) is 0 Å². The highest BCUT2D eigenvalue weighted by atomic mass is 19.1. The van der Waals surface area contributed by atoms with Crippen LogP contribution in [0.2, 0.25) is 0 Å². The van der Waals surface area contributed by atoms with E-state index in [0.29, 0.717) is 6.42 Å². The summed E-state index contributed by atoms with van der Waals surface area (Å²) in [5.41, 5.74) is -0.564. The van der Waals surface area contributed by atoms with Gasteiger partial charge in [0.15, 0.2) is 0 Å². The highest BCUT2D eigenvalue weighted by Gasteiger charge is 2.52. The van der Waals surface area contributed by atoms with Crippen molar-refractivity contribution in [2.24, 2.45) is 5.92 Å². The molecule has 1 aliphatic carbocycles. The zero-order valence-electron chi connectivity index (χ0n) is 10.6. The first-order valence-electron chi connectivity index (χ1n) is 6.06. The van der Waals surface area contributed by atoms with E-state index < -0.39 is 17.9 Å². The number of halogens is 1. The van der Waals surface area contributed by atoms with Crippen LogP contribution in [0.3, 0.4) is 0 Å². The van der Waals surface area contributed by atoms with Crippen molar-refractivity contribution in [3.8, 4) is 0 Å². The van der Waals surface area contributed by atoms with Crippen molar-refractivity contribution in [2.45, 2.75) is 38.6 Å². The summed E-state index contributed by atoms with van der Waals surface area (Å²) in [4.78, 5) is 11.4. The molecule has 0 aliphatic heterocycles. The van der Waals surface area contributed by atoms with Gasteiger partial charge in [-0.05, 0) is 24.8 Å². The second-order valence-electron chi connectivity index (χ2n) is 4.92. The summed E-state index contributed by atoms with van der Waals surface area (Å²) in [7, 11) is 0. The van der Waals surface area contributed by atoms with Gasteiger partial charge in [0.1, 0.15) is 18.4 Å². The normalized spacial score (nSPS) is 30.4. The Morgan fingerprint density at radius 2 is 2.11 bits per heavy atom. The molecule has 1 saturated carbocycles. The number of carbonyl (C=O) groups is 1. The fourth-order valence-corrected chi connectivity index (χ4v) is 1.97. The lowest BCUT2D eigenvalue weighted by Crippen LogP contribution is -2.54. The second kappa shape index (κ2) is 4.96. The summed E-state index contributed by atoms with van der Waals surface area (Å²) in [5, 5.41) is 0. The molecule has 0 aromatic heterocycles. The van der Waals surface area contributed by atoms with Crippen LogP contribution in [0.15, 0.2) is 30.3 Å². The standard InChI is InChI=1S/C14H17FO3/c1-10-8-12(14(10,2)15)18-13(16)17-9-11-6-4-3-5-7-11/h3-7,10,12H,8-9H2,1-2H3. The van der Waals surface area contributed by atoms with Crippen molar-refractivity contribution in [2.75, 3.05) is 0 Å². The maximum atomic E-state index is 13.9. The van der Waals surface area contributed by atoms with Crippen LogP contribution < -0.4 is 0 Å². The van der Waals surface area contributed by atoms with E-state index in [0.717, 1.165) is 5.56 Å². The molecule has 2 rings (SSSR count). The Labute approximate surface area is 106 Å². The molecule has 0 heterocycles. The highest BCUT2D eigenvalue weighted by molar-refractivity contribution is 5.60. The fourth-order valence-electron chi connectivity index (χ4n) is 1.97. The average molecular weight is 252 g/mol. The van der Waals surface area contributed by atoms with Crippen LogP contribution in [0.4, 0.5) is 9.18 Å². The number of ether oxygens (including phenoxy) is 2. The predicted molar refractivity (Wildman–Crippen MR) is 64.8 cm³/mol. The van der Waals surface area contributed by atoms with Crippen molar-refractivity contribution < 1.29 is 18.7 Å². The minimum absolute atomic E-state index is 0.0792. The largest absolute Gasteiger partial charge is 0.508 e. The van der Waals surface area contributed by atoms with Crippen LogP contribution in [0, 0.1) is 5.92 Å². The summed E-state index contributed by atoms with van der Waals surface area (Å²) >= 11 is 0. The van der Waals surface area contributed by atoms with Gasteiger partial charge < -0.3 is 9.47 Å². The van der Waals surface area contributed by atoms with Gasteiger partial charge in [0.05, 0.1) is 0 Å². The van der Waals surface area contributed by atoms with Crippen molar-refractivity contribution in [3.63, 3.8) is 0 Å². The zero-order valence-corrected chi connectivity index (χ0v) is 10.6. The molecular formula is C14H17FO3. The molecule has 0 N–H and O–H groups in total.